The predicted molar refractivity (Wildman–Crippen MR) is 87.0 cm³/mol. The molecule has 0 heterocycles. The van der Waals surface area contributed by atoms with Crippen LogP contribution >= 0.6 is 0 Å². The molecule has 6 unspecified atom stereocenters. The first-order valence-electron chi connectivity index (χ1n) is 9.38. The average Bonchev–Trinajstić information content (AvgIpc) is 2.84. The molecule has 3 heteroatoms. The third-order valence-corrected chi connectivity index (χ3v) is 8.50. The van der Waals surface area contributed by atoms with E-state index in [0.29, 0.717) is 5.41 Å². The van der Waals surface area contributed by atoms with Gasteiger partial charge >= 0.3 is 0 Å². The van der Waals surface area contributed by atoms with Crippen LogP contribution in [0.25, 0.3) is 0 Å². The van der Waals surface area contributed by atoms with E-state index >= 15 is 0 Å². The summed E-state index contributed by atoms with van der Waals surface area (Å²) in [4.78, 5) is 0. The van der Waals surface area contributed by atoms with Gasteiger partial charge in [0.05, 0.1) is 11.8 Å². The van der Waals surface area contributed by atoms with Crippen LogP contribution in [0.5, 0.6) is 0 Å². The highest BCUT2D eigenvalue weighted by molar-refractivity contribution is 5.91. The number of fused-ring (bicyclic) bond motifs is 5. The van der Waals surface area contributed by atoms with Gasteiger partial charge in [0.1, 0.15) is 0 Å². The molecule has 22 heavy (non-hydrogen) atoms. The van der Waals surface area contributed by atoms with E-state index in [1.807, 2.05) is 0 Å². The lowest BCUT2D eigenvalue weighted by Gasteiger charge is -2.60. The lowest BCUT2D eigenvalue weighted by Crippen LogP contribution is -2.54. The molecule has 4 rings (SSSR count). The molecule has 0 aromatic heterocycles. The zero-order valence-corrected chi connectivity index (χ0v) is 14.1. The molecule has 2 N–H and O–H groups in total. The fourth-order valence-corrected chi connectivity index (χ4v) is 7.19. The van der Waals surface area contributed by atoms with Gasteiger partial charge in [0.15, 0.2) is 0 Å². The van der Waals surface area contributed by atoms with Crippen molar-refractivity contribution in [3.05, 3.63) is 0 Å². The average molecular weight is 305 g/mol. The molecular weight excluding hydrogens is 274 g/mol. The second-order valence-electron chi connectivity index (χ2n) is 9.13. The van der Waals surface area contributed by atoms with Gasteiger partial charge in [0.25, 0.3) is 0 Å². The minimum Gasteiger partial charge on any atom is -0.411 e. The van der Waals surface area contributed by atoms with Crippen LogP contribution in [0, 0.1) is 34.5 Å². The van der Waals surface area contributed by atoms with Crippen LogP contribution in [-0.2, 0) is 0 Å². The highest BCUT2D eigenvalue weighted by Crippen LogP contribution is 2.65. The minimum absolute atomic E-state index is 0.0527. The van der Waals surface area contributed by atoms with Crippen molar-refractivity contribution in [3.8, 4) is 0 Å². The van der Waals surface area contributed by atoms with Gasteiger partial charge in [0.2, 0.25) is 0 Å². The van der Waals surface area contributed by atoms with Crippen LogP contribution in [0.15, 0.2) is 5.16 Å². The molecule has 7 atom stereocenters. The summed E-state index contributed by atoms with van der Waals surface area (Å²) >= 11 is 0. The van der Waals surface area contributed by atoms with Crippen molar-refractivity contribution in [3.63, 3.8) is 0 Å². The zero-order chi connectivity index (χ0) is 15.5. The maximum absolute atomic E-state index is 10.1. The Morgan fingerprint density at radius 1 is 1.00 bits per heavy atom. The minimum atomic E-state index is -0.0527. The van der Waals surface area contributed by atoms with Crippen LogP contribution < -0.4 is 0 Å². The number of aliphatic hydroxyl groups is 1. The summed E-state index contributed by atoms with van der Waals surface area (Å²) in [6, 6.07) is 0. The molecule has 0 aromatic rings. The van der Waals surface area contributed by atoms with Crippen molar-refractivity contribution < 1.29 is 10.3 Å². The van der Waals surface area contributed by atoms with E-state index in [1.54, 1.807) is 0 Å². The summed E-state index contributed by atoms with van der Waals surface area (Å²) < 4.78 is 0. The third-order valence-electron chi connectivity index (χ3n) is 8.50. The molecule has 4 fully saturated rings. The number of oxime groups is 1. The number of hydrogen-bond donors (Lipinski definition) is 2. The number of nitrogens with zero attached hydrogens (tertiary/aromatic N) is 1. The lowest BCUT2D eigenvalue weighted by molar-refractivity contribution is -0.114. The zero-order valence-electron chi connectivity index (χ0n) is 14.1. The fraction of sp³-hybridized carbons (Fsp3) is 0.947. The fourth-order valence-electron chi connectivity index (χ4n) is 7.19. The number of aliphatic hydroxyl groups excluding tert-OH is 1. The quantitative estimate of drug-likeness (QED) is 0.520. The molecule has 0 spiro atoms. The smallest absolute Gasteiger partial charge is 0.0632 e. The largest absolute Gasteiger partial charge is 0.411 e. The Hall–Kier alpha value is -0.570. The molecule has 3 nitrogen and oxygen atoms in total. The summed E-state index contributed by atoms with van der Waals surface area (Å²) in [5.74, 6) is 3.10. The summed E-state index contributed by atoms with van der Waals surface area (Å²) in [5, 5.41) is 23.1. The Morgan fingerprint density at radius 3 is 2.59 bits per heavy atom. The molecule has 4 aliphatic rings. The summed E-state index contributed by atoms with van der Waals surface area (Å²) in [6.45, 7) is 4.88. The maximum Gasteiger partial charge on any atom is 0.0632 e. The Morgan fingerprint density at radius 2 is 1.82 bits per heavy atom. The van der Waals surface area contributed by atoms with Crippen LogP contribution in [0.4, 0.5) is 0 Å². The highest BCUT2D eigenvalue weighted by Gasteiger charge is 2.59. The molecule has 4 aliphatic carbocycles. The van der Waals surface area contributed by atoms with Crippen molar-refractivity contribution in [2.45, 2.75) is 77.7 Å². The standard InChI is InChI=1S/C19H31NO2/c1-18-9-7-13(21)11-12(18)3-4-14-15-5-6-17(20-22)19(15,2)10-8-16(14)18/h12-16,21-22H,3-11H2,1-2H3/b20-17+/t12?,13?,14?,15?,16?,18-,19?/m0/s1. The summed E-state index contributed by atoms with van der Waals surface area (Å²) in [7, 11) is 0. The molecule has 0 bridgehead atoms. The lowest BCUT2D eigenvalue weighted by atomic mass is 9.45. The van der Waals surface area contributed by atoms with Crippen molar-refractivity contribution >= 4 is 5.71 Å². The van der Waals surface area contributed by atoms with Crippen molar-refractivity contribution in [2.75, 3.05) is 0 Å². The van der Waals surface area contributed by atoms with E-state index in [-0.39, 0.29) is 11.5 Å². The van der Waals surface area contributed by atoms with E-state index in [0.717, 1.165) is 48.6 Å². The Bertz CT molecular complexity index is 490. The first kappa shape index (κ1) is 15.0. The van der Waals surface area contributed by atoms with E-state index in [9.17, 15) is 10.3 Å². The normalized spacial score (nSPS) is 56.3. The van der Waals surface area contributed by atoms with E-state index < -0.39 is 0 Å². The van der Waals surface area contributed by atoms with E-state index in [1.165, 1.54) is 38.5 Å². The first-order valence-corrected chi connectivity index (χ1v) is 9.38. The second kappa shape index (κ2) is 4.96. The molecule has 0 radical (unpaired) electrons. The molecule has 0 aliphatic heterocycles. The molecule has 0 aromatic carbocycles. The SMILES string of the molecule is CC12CCC3C(CCC4CC(O)CC[C@@]43C)C1CC/C2=N\O. The molecule has 4 saturated carbocycles. The van der Waals surface area contributed by atoms with Gasteiger partial charge in [-0.25, -0.2) is 0 Å². The number of rotatable bonds is 0. The molecular formula is C19H31NO2. The van der Waals surface area contributed by atoms with Gasteiger partial charge in [-0.3, -0.25) is 0 Å². The van der Waals surface area contributed by atoms with Crippen molar-refractivity contribution in [1.82, 2.24) is 0 Å². The van der Waals surface area contributed by atoms with Gasteiger partial charge in [-0.05, 0) is 86.9 Å². The van der Waals surface area contributed by atoms with Crippen LogP contribution in [0.2, 0.25) is 0 Å². The maximum atomic E-state index is 10.1. The molecule has 0 saturated heterocycles. The van der Waals surface area contributed by atoms with Crippen LogP contribution in [0.1, 0.15) is 71.6 Å². The van der Waals surface area contributed by atoms with Gasteiger partial charge in [0, 0.05) is 5.41 Å². The molecule has 0 amide bonds. The Labute approximate surface area is 134 Å². The summed E-state index contributed by atoms with van der Waals surface area (Å²) in [5.41, 5.74) is 1.68. The topological polar surface area (TPSA) is 52.8 Å². The predicted octanol–water partition coefficient (Wildman–Crippen LogP) is 4.22. The Kier molecular flexibility index (Phi) is 3.38. The van der Waals surface area contributed by atoms with Gasteiger partial charge in [-0.15, -0.1) is 0 Å². The van der Waals surface area contributed by atoms with Gasteiger partial charge in [-0.2, -0.15) is 0 Å². The van der Waals surface area contributed by atoms with Crippen LogP contribution in [0.3, 0.4) is 0 Å². The highest BCUT2D eigenvalue weighted by atomic mass is 16.4. The summed E-state index contributed by atoms with van der Waals surface area (Å²) in [6.07, 6.45) is 10.5. The first-order chi connectivity index (χ1) is 10.5. The van der Waals surface area contributed by atoms with E-state index in [2.05, 4.69) is 19.0 Å². The monoisotopic (exact) mass is 305 g/mol. The van der Waals surface area contributed by atoms with Crippen molar-refractivity contribution in [2.24, 2.45) is 39.7 Å². The van der Waals surface area contributed by atoms with E-state index in [4.69, 9.17) is 0 Å². The van der Waals surface area contributed by atoms with Crippen molar-refractivity contribution in [1.29, 1.82) is 0 Å². The third kappa shape index (κ3) is 1.87. The van der Waals surface area contributed by atoms with Crippen LogP contribution in [-0.4, -0.2) is 22.1 Å². The second-order valence-corrected chi connectivity index (χ2v) is 9.13. The Balaban J connectivity index is 1.63. The molecule has 124 valence electrons. The van der Waals surface area contributed by atoms with Gasteiger partial charge in [-0.1, -0.05) is 19.0 Å². The van der Waals surface area contributed by atoms with Gasteiger partial charge < -0.3 is 10.3 Å². The number of hydrogen-bond acceptors (Lipinski definition) is 3.